The van der Waals surface area contributed by atoms with E-state index in [0.717, 1.165) is 18.7 Å². The molecule has 0 saturated heterocycles. The SMILES string of the molecule is C(=NCCc1c[nH]c2ccccc12)c1ccc[nH]1. The molecule has 0 bridgehead atoms. The first-order chi connectivity index (χ1) is 8.93. The highest BCUT2D eigenvalue weighted by atomic mass is 14.8. The highest BCUT2D eigenvalue weighted by Crippen LogP contribution is 2.17. The second-order valence-corrected chi connectivity index (χ2v) is 4.27. The largest absolute Gasteiger partial charge is 0.361 e. The number of nitrogens with one attached hydrogen (secondary N) is 2. The van der Waals surface area contributed by atoms with Crippen molar-refractivity contribution in [3.05, 3.63) is 60.0 Å². The molecule has 0 unspecified atom stereocenters. The van der Waals surface area contributed by atoms with Gasteiger partial charge in [-0.2, -0.15) is 0 Å². The molecule has 2 heterocycles. The molecule has 3 aromatic rings. The third kappa shape index (κ3) is 2.20. The van der Waals surface area contributed by atoms with Gasteiger partial charge in [0.15, 0.2) is 0 Å². The van der Waals surface area contributed by atoms with Crippen molar-refractivity contribution >= 4 is 17.1 Å². The van der Waals surface area contributed by atoms with Crippen molar-refractivity contribution in [3.8, 4) is 0 Å². The van der Waals surface area contributed by atoms with Crippen molar-refractivity contribution < 1.29 is 0 Å². The molecular weight excluding hydrogens is 222 g/mol. The van der Waals surface area contributed by atoms with E-state index >= 15 is 0 Å². The molecule has 0 spiro atoms. The fraction of sp³-hybridized carbons (Fsp3) is 0.133. The predicted molar refractivity (Wildman–Crippen MR) is 75.3 cm³/mol. The number of nitrogens with zero attached hydrogens (tertiary/aromatic N) is 1. The molecule has 90 valence electrons. The zero-order chi connectivity index (χ0) is 12.2. The summed E-state index contributed by atoms with van der Waals surface area (Å²) >= 11 is 0. The number of H-pyrrole nitrogens is 2. The van der Waals surface area contributed by atoms with E-state index in [2.05, 4.69) is 39.4 Å². The second-order valence-electron chi connectivity index (χ2n) is 4.27. The van der Waals surface area contributed by atoms with E-state index in [1.54, 1.807) is 0 Å². The zero-order valence-electron chi connectivity index (χ0n) is 10.1. The maximum Gasteiger partial charge on any atom is 0.0561 e. The number of para-hydroxylation sites is 1. The van der Waals surface area contributed by atoms with Crippen LogP contribution in [0.2, 0.25) is 0 Å². The molecule has 0 amide bonds. The minimum Gasteiger partial charge on any atom is -0.361 e. The molecule has 0 aliphatic carbocycles. The molecule has 1 aromatic carbocycles. The molecule has 0 fully saturated rings. The van der Waals surface area contributed by atoms with Gasteiger partial charge in [-0.25, -0.2) is 0 Å². The number of aromatic nitrogens is 2. The van der Waals surface area contributed by atoms with Crippen molar-refractivity contribution in [1.82, 2.24) is 9.97 Å². The third-order valence-corrected chi connectivity index (χ3v) is 3.04. The van der Waals surface area contributed by atoms with Crippen LogP contribution in [0.25, 0.3) is 10.9 Å². The van der Waals surface area contributed by atoms with Crippen molar-refractivity contribution in [2.24, 2.45) is 4.99 Å². The first kappa shape index (κ1) is 10.8. The van der Waals surface area contributed by atoms with Crippen LogP contribution in [-0.4, -0.2) is 22.7 Å². The standard InChI is InChI=1S/C15H15N3/c1-2-6-15-14(5-1)12(10-18-15)7-9-16-11-13-4-3-8-17-13/h1-6,8,10-11,17-18H,7,9H2. The predicted octanol–water partition coefficient (Wildman–Crippen LogP) is 3.16. The summed E-state index contributed by atoms with van der Waals surface area (Å²) in [6.45, 7) is 0.806. The van der Waals surface area contributed by atoms with Gasteiger partial charge in [-0.3, -0.25) is 4.99 Å². The molecule has 0 saturated carbocycles. The average molecular weight is 237 g/mol. The van der Waals surface area contributed by atoms with Crippen LogP contribution in [0.5, 0.6) is 0 Å². The van der Waals surface area contributed by atoms with Crippen LogP contribution >= 0.6 is 0 Å². The summed E-state index contributed by atoms with van der Waals surface area (Å²) in [7, 11) is 0. The molecule has 2 N–H and O–H groups in total. The summed E-state index contributed by atoms with van der Waals surface area (Å²) in [5.74, 6) is 0. The molecule has 3 nitrogen and oxygen atoms in total. The van der Waals surface area contributed by atoms with Crippen molar-refractivity contribution in [2.75, 3.05) is 6.54 Å². The second kappa shape index (κ2) is 4.92. The average Bonchev–Trinajstić information content (AvgIpc) is 3.04. The summed E-state index contributed by atoms with van der Waals surface area (Å²) < 4.78 is 0. The Kier molecular flexibility index (Phi) is 2.96. The van der Waals surface area contributed by atoms with E-state index < -0.39 is 0 Å². The number of aliphatic imine (C=N–C) groups is 1. The number of fused-ring (bicyclic) bond motifs is 1. The Bertz CT molecular complexity index is 647. The van der Waals surface area contributed by atoms with Gasteiger partial charge in [0, 0.05) is 36.1 Å². The van der Waals surface area contributed by atoms with E-state index in [1.807, 2.05) is 30.6 Å². The smallest absolute Gasteiger partial charge is 0.0561 e. The number of rotatable bonds is 4. The highest BCUT2D eigenvalue weighted by molar-refractivity contribution is 5.83. The Hall–Kier alpha value is -2.29. The summed E-state index contributed by atoms with van der Waals surface area (Å²) in [4.78, 5) is 10.8. The van der Waals surface area contributed by atoms with Gasteiger partial charge in [-0.1, -0.05) is 18.2 Å². The first-order valence-electron chi connectivity index (χ1n) is 6.12. The molecule has 0 aliphatic rings. The highest BCUT2D eigenvalue weighted by Gasteiger charge is 2.01. The number of benzene rings is 1. The van der Waals surface area contributed by atoms with Gasteiger partial charge in [-0.15, -0.1) is 0 Å². The van der Waals surface area contributed by atoms with Gasteiger partial charge in [0.2, 0.25) is 0 Å². The van der Waals surface area contributed by atoms with Crippen molar-refractivity contribution in [1.29, 1.82) is 0 Å². The Morgan fingerprint density at radius 2 is 2.00 bits per heavy atom. The van der Waals surface area contributed by atoms with E-state index in [9.17, 15) is 0 Å². The number of aromatic amines is 2. The Morgan fingerprint density at radius 1 is 1.06 bits per heavy atom. The van der Waals surface area contributed by atoms with Crippen LogP contribution < -0.4 is 0 Å². The number of hydrogen-bond acceptors (Lipinski definition) is 1. The lowest BCUT2D eigenvalue weighted by Gasteiger charge is -1.95. The topological polar surface area (TPSA) is 43.9 Å². The summed E-state index contributed by atoms with van der Waals surface area (Å²) in [6.07, 6.45) is 6.83. The fourth-order valence-corrected chi connectivity index (χ4v) is 2.11. The molecule has 3 rings (SSSR count). The van der Waals surface area contributed by atoms with Gasteiger partial charge in [0.05, 0.1) is 5.69 Å². The van der Waals surface area contributed by atoms with E-state index in [1.165, 1.54) is 16.5 Å². The molecule has 2 aromatic heterocycles. The van der Waals surface area contributed by atoms with Crippen LogP contribution in [0.4, 0.5) is 0 Å². The van der Waals surface area contributed by atoms with Gasteiger partial charge in [-0.05, 0) is 30.2 Å². The molecule has 18 heavy (non-hydrogen) atoms. The zero-order valence-corrected chi connectivity index (χ0v) is 10.1. The summed E-state index contributed by atoms with van der Waals surface area (Å²) in [5.41, 5.74) is 3.57. The van der Waals surface area contributed by atoms with Crippen LogP contribution in [0.1, 0.15) is 11.3 Å². The normalized spacial score (nSPS) is 11.6. The Labute approximate surface area is 106 Å². The summed E-state index contributed by atoms with van der Waals surface area (Å²) in [5, 5.41) is 1.30. The molecule has 3 heteroatoms. The lowest BCUT2D eigenvalue weighted by atomic mass is 10.1. The van der Waals surface area contributed by atoms with Gasteiger partial charge < -0.3 is 9.97 Å². The quantitative estimate of drug-likeness (QED) is 0.655. The maximum absolute atomic E-state index is 4.43. The monoisotopic (exact) mass is 237 g/mol. The van der Waals surface area contributed by atoms with Crippen LogP contribution in [-0.2, 0) is 6.42 Å². The van der Waals surface area contributed by atoms with Gasteiger partial charge in [0.25, 0.3) is 0 Å². The third-order valence-electron chi connectivity index (χ3n) is 3.04. The lowest BCUT2D eigenvalue weighted by molar-refractivity contribution is 0.980. The van der Waals surface area contributed by atoms with Crippen LogP contribution in [0, 0.1) is 0 Å². The summed E-state index contributed by atoms with van der Waals surface area (Å²) in [6, 6.07) is 12.3. The maximum atomic E-state index is 4.43. The number of hydrogen-bond donors (Lipinski definition) is 2. The minimum absolute atomic E-state index is 0.806. The molecule has 0 atom stereocenters. The van der Waals surface area contributed by atoms with E-state index in [4.69, 9.17) is 0 Å². The Balaban J connectivity index is 1.67. The molecule has 0 radical (unpaired) electrons. The lowest BCUT2D eigenvalue weighted by Crippen LogP contribution is -1.89. The van der Waals surface area contributed by atoms with Crippen LogP contribution in [0.3, 0.4) is 0 Å². The first-order valence-corrected chi connectivity index (χ1v) is 6.12. The molecular formula is C15H15N3. The minimum atomic E-state index is 0.806. The van der Waals surface area contributed by atoms with Crippen LogP contribution in [0.15, 0.2) is 53.8 Å². The van der Waals surface area contributed by atoms with Crippen molar-refractivity contribution in [2.45, 2.75) is 6.42 Å². The molecule has 0 aliphatic heterocycles. The van der Waals surface area contributed by atoms with Gasteiger partial charge >= 0.3 is 0 Å². The van der Waals surface area contributed by atoms with E-state index in [0.29, 0.717) is 0 Å². The van der Waals surface area contributed by atoms with E-state index in [-0.39, 0.29) is 0 Å². The fourth-order valence-electron chi connectivity index (χ4n) is 2.11. The van der Waals surface area contributed by atoms with Crippen molar-refractivity contribution in [3.63, 3.8) is 0 Å². The van der Waals surface area contributed by atoms with Gasteiger partial charge in [0.1, 0.15) is 0 Å². The Morgan fingerprint density at radius 3 is 2.89 bits per heavy atom.